The van der Waals surface area contributed by atoms with Gasteiger partial charge in [-0.15, -0.1) is 11.3 Å². The Hall–Kier alpha value is -2.65. The number of hydrogen-bond acceptors (Lipinski definition) is 7. The first-order chi connectivity index (χ1) is 14.8. The summed E-state index contributed by atoms with van der Waals surface area (Å²) in [5, 5.41) is 6.69. The molecule has 2 unspecified atom stereocenters. The lowest BCUT2D eigenvalue weighted by Crippen LogP contribution is -2.22. The number of benzene rings is 1. The number of rotatable bonds is 5. The van der Waals surface area contributed by atoms with Crippen LogP contribution < -0.4 is 16.4 Å². The normalized spacial score (nSPS) is 16.5. The summed E-state index contributed by atoms with van der Waals surface area (Å²) < 4.78 is 0. The van der Waals surface area contributed by atoms with Gasteiger partial charge in [-0.1, -0.05) is 18.7 Å². The number of nitrogens with two attached hydrogens (primary N) is 1. The number of carbonyl (C=O) groups excluding carboxylic acids is 2. The lowest BCUT2D eigenvalue weighted by Gasteiger charge is -2.17. The van der Waals surface area contributed by atoms with Crippen molar-refractivity contribution < 1.29 is 9.59 Å². The number of anilines is 3. The van der Waals surface area contributed by atoms with Crippen LogP contribution >= 0.6 is 23.1 Å². The van der Waals surface area contributed by atoms with E-state index < -0.39 is 5.25 Å². The zero-order valence-corrected chi connectivity index (χ0v) is 19.3. The van der Waals surface area contributed by atoms with Crippen molar-refractivity contribution in [2.45, 2.75) is 50.4 Å². The second kappa shape index (κ2) is 8.84. The van der Waals surface area contributed by atoms with Crippen molar-refractivity contribution in [1.82, 2.24) is 9.97 Å². The van der Waals surface area contributed by atoms with E-state index in [1.807, 2.05) is 6.92 Å². The van der Waals surface area contributed by atoms with Crippen LogP contribution in [-0.2, 0) is 22.4 Å². The number of hydrogen-bond donors (Lipinski definition) is 3. The summed E-state index contributed by atoms with van der Waals surface area (Å²) in [5.41, 5.74) is 8.94. The van der Waals surface area contributed by atoms with Crippen LogP contribution in [0.4, 0.5) is 17.2 Å². The van der Waals surface area contributed by atoms with Crippen LogP contribution in [-0.4, -0.2) is 27.0 Å². The van der Waals surface area contributed by atoms with E-state index in [2.05, 4.69) is 22.5 Å². The van der Waals surface area contributed by atoms with Crippen molar-refractivity contribution in [2.24, 2.45) is 5.92 Å². The summed E-state index contributed by atoms with van der Waals surface area (Å²) in [5.74, 6) is 0.887. The third-order valence-electron chi connectivity index (χ3n) is 5.29. The Morgan fingerprint density at radius 2 is 1.87 bits per heavy atom. The van der Waals surface area contributed by atoms with E-state index in [0.29, 0.717) is 28.3 Å². The summed E-state index contributed by atoms with van der Waals surface area (Å²) in [6, 6.07) is 6.98. The van der Waals surface area contributed by atoms with Gasteiger partial charge in [-0.05, 0) is 61.9 Å². The Morgan fingerprint density at radius 3 is 2.55 bits per heavy atom. The van der Waals surface area contributed by atoms with Crippen LogP contribution in [0, 0.1) is 5.92 Å². The first kappa shape index (κ1) is 21.6. The van der Waals surface area contributed by atoms with Gasteiger partial charge in [0.2, 0.25) is 11.8 Å². The number of nitrogens with one attached hydrogen (secondary N) is 2. The average molecular weight is 456 g/mol. The number of fused-ring (bicyclic) bond motifs is 3. The molecule has 2 aromatic heterocycles. The van der Waals surface area contributed by atoms with Gasteiger partial charge in [-0.2, -0.15) is 0 Å². The minimum absolute atomic E-state index is 0.140. The number of thiophene rings is 1. The molecule has 9 heteroatoms. The number of thioether (sulfide) groups is 1. The van der Waals surface area contributed by atoms with Crippen LogP contribution in [0.1, 0.15) is 37.6 Å². The highest BCUT2D eigenvalue weighted by molar-refractivity contribution is 8.00. The maximum absolute atomic E-state index is 12.6. The van der Waals surface area contributed by atoms with Gasteiger partial charge in [0.25, 0.3) is 0 Å². The van der Waals surface area contributed by atoms with E-state index in [-0.39, 0.29) is 11.8 Å². The van der Waals surface area contributed by atoms with Gasteiger partial charge in [-0.25, -0.2) is 9.97 Å². The highest BCUT2D eigenvalue weighted by Crippen LogP contribution is 2.40. The Kier molecular flexibility index (Phi) is 6.15. The Morgan fingerprint density at radius 1 is 1.19 bits per heavy atom. The molecule has 2 atom stereocenters. The third-order valence-corrected chi connectivity index (χ3v) is 7.40. The zero-order chi connectivity index (χ0) is 22.1. The molecule has 0 saturated heterocycles. The number of aromatic nitrogens is 2. The summed E-state index contributed by atoms with van der Waals surface area (Å²) in [7, 11) is 0. The second-order valence-electron chi connectivity index (χ2n) is 7.93. The molecule has 1 aliphatic rings. The van der Waals surface area contributed by atoms with Crippen molar-refractivity contribution in [1.29, 1.82) is 0 Å². The Bertz CT molecular complexity index is 1140. The van der Waals surface area contributed by atoms with E-state index in [1.54, 1.807) is 35.6 Å². The lowest BCUT2D eigenvalue weighted by molar-refractivity contribution is -0.115. The number of nitrogens with zero attached hydrogens (tertiary/aromatic N) is 2. The van der Waals surface area contributed by atoms with Crippen molar-refractivity contribution >= 4 is 62.3 Å². The van der Waals surface area contributed by atoms with Gasteiger partial charge < -0.3 is 16.4 Å². The summed E-state index contributed by atoms with van der Waals surface area (Å²) in [6.07, 6.45) is 3.26. The van der Waals surface area contributed by atoms with Crippen LogP contribution in [0.5, 0.6) is 0 Å². The molecule has 0 aliphatic heterocycles. The molecule has 0 spiro atoms. The molecule has 162 valence electrons. The van der Waals surface area contributed by atoms with E-state index in [0.717, 1.165) is 29.5 Å². The smallest absolute Gasteiger partial charge is 0.237 e. The summed E-state index contributed by atoms with van der Waals surface area (Å²) in [4.78, 5) is 35.2. The predicted octanol–water partition coefficient (Wildman–Crippen LogP) is 4.48. The molecule has 3 aromatic rings. The van der Waals surface area contributed by atoms with Gasteiger partial charge in [-0.3, -0.25) is 9.59 Å². The summed E-state index contributed by atoms with van der Waals surface area (Å²) >= 11 is 2.99. The van der Waals surface area contributed by atoms with Crippen LogP contribution in [0.25, 0.3) is 10.2 Å². The third kappa shape index (κ3) is 4.83. The first-order valence-corrected chi connectivity index (χ1v) is 11.9. The van der Waals surface area contributed by atoms with Gasteiger partial charge in [0, 0.05) is 23.2 Å². The quantitative estimate of drug-likeness (QED) is 0.387. The van der Waals surface area contributed by atoms with Gasteiger partial charge >= 0.3 is 0 Å². The molecule has 0 fully saturated rings. The van der Waals surface area contributed by atoms with Gasteiger partial charge in [0.1, 0.15) is 10.6 Å². The van der Waals surface area contributed by atoms with Crippen molar-refractivity contribution in [3.05, 3.63) is 34.7 Å². The molecule has 1 aliphatic carbocycles. The first-order valence-electron chi connectivity index (χ1n) is 10.2. The Balaban J connectivity index is 1.45. The van der Waals surface area contributed by atoms with Crippen molar-refractivity contribution in [3.8, 4) is 0 Å². The number of carbonyl (C=O) groups is 2. The molecule has 4 rings (SSSR count). The topological polar surface area (TPSA) is 110 Å². The van der Waals surface area contributed by atoms with Gasteiger partial charge in [0.05, 0.1) is 10.6 Å². The fraction of sp³-hybridized carbons (Fsp3) is 0.364. The van der Waals surface area contributed by atoms with E-state index in [9.17, 15) is 9.59 Å². The van der Waals surface area contributed by atoms with Crippen LogP contribution in [0.3, 0.4) is 0 Å². The average Bonchev–Trinajstić information content (AvgIpc) is 3.06. The number of aryl methyl sites for hydroxylation is 1. The molecule has 2 amide bonds. The standard InChI is InChI=1S/C22H25N5O2S2/c1-11-4-9-16-17(10-11)31-21-18(16)19(23)26-22(27-21)30-12(2)20(29)25-15-7-5-14(6-8-15)24-13(3)28/h5-8,11-12H,4,9-10H2,1-3H3,(H,24,28)(H,25,29)(H2,23,26,27). The van der Waals surface area contributed by atoms with E-state index >= 15 is 0 Å². The molecular formula is C22H25N5O2S2. The second-order valence-corrected chi connectivity index (χ2v) is 10.3. The van der Waals surface area contributed by atoms with Gasteiger partial charge in [0.15, 0.2) is 5.16 Å². The van der Waals surface area contributed by atoms with Crippen LogP contribution in [0.2, 0.25) is 0 Å². The van der Waals surface area contributed by atoms with Crippen molar-refractivity contribution in [2.75, 3.05) is 16.4 Å². The Labute approximate surface area is 189 Å². The monoisotopic (exact) mass is 455 g/mol. The number of amides is 2. The minimum Gasteiger partial charge on any atom is -0.383 e. The number of nitrogen functional groups attached to an aromatic ring is 1. The SMILES string of the molecule is CC(=O)Nc1ccc(NC(=O)C(C)Sc2nc(N)c3c4c(sc3n2)CC(C)CC4)cc1. The predicted molar refractivity (Wildman–Crippen MR) is 128 cm³/mol. The fourth-order valence-corrected chi connectivity index (χ4v) is 5.92. The lowest BCUT2D eigenvalue weighted by atomic mass is 9.89. The fourth-order valence-electron chi connectivity index (χ4n) is 3.70. The minimum atomic E-state index is -0.401. The molecule has 0 radical (unpaired) electrons. The molecule has 0 saturated carbocycles. The molecule has 2 heterocycles. The zero-order valence-electron chi connectivity index (χ0n) is 17.7. The molecule has 4 N–H and O–H groups in total. The molecule has 0 bridgehead atoms. The highest BCUT2D eigenvalue weighted by Gasteiger charge is 2.24. The van der Waals surface area contributed by atoms with E-state index in [1.165, 1.54) is 29.1 Å². The highest BCUT2D eigenvalue weighted by atomic mass is 32.2. The maximum Gasteiger partial charge on any atom is 0.237 e. The summed E-state index contributed by atoms with van der Waals surface area (Å²) in [6.45, 7) is 5.54. The molecule has 31 heavy (non-hydrogen) atoms. The molecule has 1 aromatic carbocycles. The van der Waals surface area contributed by atoms with E-state index in [4.69, 9.17) is 10.7 Å². The molecular weight excluding hydrogens is 430 g/mol. The van der Waals surface area contributed by atoms with Crippen molar-refractivity contribution in [3.63, 3.8) is 0 Å². The largest absolute Gasteiger partial charge is 0.383 e. The molecule has 7 nitrogen and oxygen atoms in total. The maximum atomic E-state index is 12.6. The van der Waals surface area contributed by atoms with Crippen LogP contribution in [0.15, 0.2) is 29.4 Å².